The van der Waals surface area contributed by atoms with Gasteiger partial charge in [0, 0.05) is 25.7 Å². The Kier molecular flexibility index (Phi) is 65.8. The molecule has 118 heavy (non-hydrogen) atoms. The summed E-state index contributed by atoms with van der Waals surface area (Å²) in [7, 11) is -5.81. The van der Waals surface area contributed by atoms with Crippen LogP contribution in [-0.4, -0.2) is 205 Å². The fourth-order valence-corrected chi connectivity index (χ4v) is 16.6. The molecule has 0 aromatic heterocycles. The highest BCUT2D eigenvalue weighted by atomic mass is 31.2. The van der Waals surface area contributed by atoms with Gasteiger partial charge < -0.3 is 88.7 Å². The molecule has 18 atom stereocenters. The highest BCUT2D eigenvalue weighted by molar-refractivity contribution is 7.47. The first-order chi connectivity index (χ1) is 57.2. The molecule has 0 amide bonds. The van der Waals surface area contributed by atoms with Crippen molar-refractivity contribution < 1.29 is 122 Å². The van der Waals surface area contributed by atoms with E-state index in [0.717, 1.165) is 141 Å². The van der Waals surface area contributed by atoms with Crippen molar-refractivity contribution in [1.29, 1.82) is 0 Å². The summed E-state index contributed by atoms with van der Waals surface area (Å²) in [6.45, 7) is 5.59. The van der Waals surface area contributed by atoms with Crippen LogP contribution >= 0.6 is 7.82 Å². The van der Waals surface area contributed by atoms with Gasteiger partial charge in [-0.1, -0.05) is 328 Å². The standard InChI is InChI=1S/C92H169O25P/c1-5-9-13-17-21-25-29-33-36-39-43-47-50-54-58-62-66-77(96)111-72(69-108-75(94)64-60-56-52-48-44-41-37-34-30-26-22-18-14-10-6-2)70-110-118(106,107)117-90-88(115-91-85(104)81(100)79(98)73(68-93)112-91)84(103)83(102)87(114-78(97)67-63-59-55-51-46-40-32-28-24-20-16-12-8-4)89(90)116-92-86(105)82(101)80(99)74(113-92)71-109-76(95)65-61-57-53-49-45-42-38-35-31-27-23-19-15-11-7-3/h27,31,40,46,72-74,79-93,98-105H,5-26,28-30,32-39,41-45,47-71H2,1-4H3,(H,106,107)/b31-27-,46-40-. The zero-order valence-electron chi connectivity index (χ0n) is 73.7. The van der Waals surface area contributed by atoms with Gasteiger partial charge in [-0.05, 0) is 77.0 Å². The lowest BCUT2D eigenvalue weighted by molar-refractivity contribution is -0.360. The number of aliphatic hydroxyl groups is 9. The molecule has 0 spiro atoms. The molecule has 1 saturated carbocycles. The molecule has 0 radical (unpaired) electrons. The van der Waals surface area contributed by atoms with E-state index < -0.39 is 162 Å². The largest absolute Gasteiger partial charge is 0.472 e. The molecular weight excluding hydrogens is 1540 g/mol. The van der Waals surface area contributed by atoms with Crippen molar-refractivity contribution in [1.82, 2.24) is 0 Å². The minimum absolute atomic E-state index is 0.00825. The highest BCUT2D eigenvalue weighted by Crippen LogP contribution is 2.49. The smallest absolute Gasteiger partial charge is 0.463 e. The minimum atomic E-state index is -5.81. The first-order valence-electron chi connectivity index (χ1n) is 47.6. The molecule has 3 rings (SSSR count). The summed E-state index contributed by atoms with van der Waals surface area (Å²) in [5.74, 6) is -2.98. The summed E-state index contributed by atoms with van der Waals surface area (Å²) in [4.78, 5) is 66.5. The number of phosphoric acid groups is 1. The molecular formula is C92H169O25P. The number of carbonyl (C=O) groups excluding carboxylic acids is 4. The van der Waals surface area contributed by atoms with Crippen LogP contribution in [0.2, 0.25) is 0 Å². The lowest BCUT2D eigenvalue weighted by atomic mass is 9.84. The van der Waals surface area contributed by atoms with Gasteiger partial charge in [-0.15, -0.1) is 0 Å². The molecule has 18 unspecified atom stereocenters. The molecule has 10 N–H and O–H groups in total. The van der Waals surface area contributed by atoms with Gasteiger partial charge >= 0.3 is 31.7 Å². The third-order valence-electron chi connectivity index (χ3n) is 23.2. The maximum Gasteiger partial charge on any atom is 0.472 e. The van der Waals surface area contributed by atoms with E-state index in [9.17, 15) is 74.6 Å². The van der Waals surface area contributed by atoms with Gasteiger partial charge in [0.25, 0.3) is 0 Å². The predicted octanol–water partition coefficient (Wildman–Crippen LogP) is 17.7. The molecule has 2 saturated heterocycles. The topological polar surface area (TPSA) is 380 Å². The van der Waals surface area contributed by atoms with Crippen LogP contribution < -0.4 is 0 Å². The van der Waals surface area contributed by atoms with E-state index in [1.807, 2.05) is 0 Å². The number of allylic oxidation sites excluding steroid dienone is 4. The number of ether oxygens (including phenoxy) is 8. The molecule has 692 valence electrons. The molecule has 0 aromatic carbocycles. The molecule has 25 nitrogen and oxygen atoms in total. The van der Waals surface area contributed by atoms with Crippen molar-refractivity contribution in [3.8, 4) is 0 Å². The summed E-state index contributed by atoms with van der Waals surface area (Å²) < 4.78 is 73.4. The molecule has 0 aromatic rings. The maximum absolute atomic E-state index is 14.9. The molecule has 0 bridgehead atoms. The summed E-state index contributed by atoms with van der Waals surface area (Å²) >= 11 is 0. The van der Waals surface area contributed by atoms with Crippen LogP contribution in [0.15, 0.2) is 24.3 Å². The summed E-state index contributed by atoms with van der Waals surface area (Å²) in [6.07, 6.45) is 31.7. The van der Waals surface area contributed by atoms with E-state index in [2.05, 4.69) is 52.0 Å². The van der Waals surface area contributed by atoms with Gasteiger partial charge in [-0.3, -0.25) is 28.2 Å². The Morgan fingerprint density at radius 2 is 0.636 bits per heavy atom. The van der Waals surface area contributed by atoms with E-state index in [0.29, 0.717) is 32.1 Å². The molecule has 1 aliphatic carbocycles. The normalized spacial score (nSPS) is 25.0. The van der Waals surface area contributed by atoms with Gasteiger partial charge in [0.1, 0.15) is 92.6 Å². The fraction of sp³-hybridized carbons (Fsp3) is 0.913. The number of esters is 4. The second kappa shape index (κ2) is 71.1. The van der Waals surface area contributed by atoms with Crippen LogP contribution in [0.4, 0.5) is 0 Å². The second-order valence-corrected chi connectivity index (χ2v) is 35.3. The monoisotopic (exact) mass is 1710 g/mol. The Labute approximate surface area is 711 Å². The molecule has 2 aliphatic heterocycles. The molecule has 2 heterocycles. The van der Waals surface area contributed by atoms with Crippen molar-refractivity contribution in [3.05, 3.63) is 24.3 Å². The maximum atomic E-state index is 14.9. The number of unbranched alkanes of at least 4 members (excludes halogenated alkanes) is 49. The van der Waals surface area contributed by atoms with E-state index in [4.69, 9.17) is 46.9 Å². The van der Waals surface area contributed by atoms with E-state index in [1.54, 1.807) is 0 Å². The van der Waals surface area contributed by atoms with Gasteiger partial charge in [-0.25, -0.2) is 4.57 Å². The number of phosphoric ester groups is 1. The van der Waals surface area contributed by atoms with Crippen LogP contribution in [0.25, 0.3) is 0 Å². The number of hydrogen-bond acceptors (Lipinski definition) is 24. The van der Waals surface area contributed by atoms with Crippen LogP contribution in [0.5, 0.6) is 0 Å². The predicted molar refractivity (Wildman–Crippen MR) is 458 cm³/mol. The number of carbonyl (C=O) groups is 4. The van der Waals surface area contributed by atoms with Crippen molar-refractivity contribution in [2.75, 3.05) is 26.4 Å². The minimum Gasteiger partial charge on any atom is -0.463 e. The first kappa shape index (κ1) is 109. The molecule has 3 aliphatic rings. The Bertz CT molecular complexity index is 2550. The van der Waals surface area contributed by atoms with E-state index >= 15 is 0 Å². The zero-order chi connectivity index (χ0) is 86.1. The lowest BCUT2D eigenvalue weighted by Gasteiger charge is -2.50. The molecule has 26 heteroatoms. The average molecular weight is 1710 g/mol. The van der Waals surface area contributed by atoms with Crippen LogP contribution in [0.1, 0.15) is 407 Å². The van der Waals surface area contributed by atoms with Crippen molar-refractivity contribution >= 4 is 31.7 Å². The summed E-state index contributed by atoms with van der Waals surface area (Å²) in [6, 6.07) is 0. The number of hydrogen-bond donors (Lipinski definition) is 10. The Hall–Kier alpha value is -3.05. The van der Waals surface area contributed by atoms with Crippen LogP contribution in [0.3, 0.4) is 0 Å². The second-order valence-electron chi connectivity index (χ2n) is 33.9. The van der Waals surface area contributed by atoms with E-state index in [-0.39, 0.29) is 32.1 Å². The SMILES string of the molecule is CCCCCC/C=C\CCCCCCCCCC(=O)OCC1OC(OC2C(OC(=O)CCCCC/C=C\CCCCCCCC)C(O)C(O)C(OC3OC(CO)C(O)C(O)C3O)C2OP(=O)(O)OCC(COC(=O)CCCCCCCCCCCCCCCCC)OC(=O)CCCCCCCCCCCCCCCCCC)C(O)C(O)C1O. The molecule has 3 fully saturated rings. The quantitative estimate of drug-likeness (QED) is 0.00889. The van der Waals surface area contributed by atoms with Crippen LogP contribution in [-0.2, 0) is 70.7 Å². The third-order valence-corrected chi connectivity index (χ3v) is 24.2. The first-order valence-corrected chi connectivity index (χ1v) is 49.1. The van der Waals surface area contributed by atoms with Crippen molar-refractivity contribution in [3.63, 3.8) is 0 Å². The summed E-state index contributed by atoms with van der Waals surface area (Å²) in [5, 5.41) is 102. The lowest BCUT2D eigenvalue weighted by Crippen LogP contribution is -2.70. The van der Waals surface area contributed by atoms with Gasteiger partial charge in [0.05, 0.1) is 13.2 Å². The highest BCUT2D eigenvalue weighted by Gasteiger charge is 2.60. The zero-order valence-corrected chi connectivity index (χ0v) is 74.6. The van der Waals surface area contributed by atoms with Crippen molar-refractivity contribution in [2.45, 2.75) is 511 Å². The Morgan fingerprint density at radius 3 is 1.03 bits per heavy atom. The van der Waals surface area contributed by atoms with Gasteiger partial charge in [0.2, 0.25) is 0 Å². The number of aliphatic hydroxyl groups excluding tert-OH is 9. The third kappa shape index (κ3) is 50.8. The Morgan fingerprint density at radius 1 is 0.331 bits per heavy atom. The number of rotatable bonds is 77. The van der Waals surface area contributed by atoms with Gasteiger partial charge in [0.15, 0.2) is 24.8 Å². The van der Waals surface area contributed by atoms with Gasteiger partial charge in [-0.2, -0.15) is 0 Å². The summed E-state index contributed by atoms with van der Waals surface area (Å²) in [5.41, 5.74) is 0. The fourth-order valence-electron chi connectivity index (χ4n) is 15.6. The Balaban J connectivity index is 1.91. The average Bonchev–Trinajstić information content (AvgIpc) is 0.754. The van der Waals surface area contributed by atoms with Crippen molar-refractivity contribution in [2.24, 2.45) is 0 Å². The van der Waals surface area contributed by atoms with E-state index in [1.165, 1.54) is 173 Å². The van der Waals surface area contributed by atoms with Crippen LogP contribution in [0, 0.1) is 0 Å².